The van der Waals surface area contributed by atoms with Gasteiger partial charge in [0.1, 0.15) is 11.3 Å². The molecule has 2 aromatic carbocycles. The van der Waals surface area contributed by atoms with Crippen molar-refractivity contribution in [3.05, 3.63) is 100.0 Å². The van der Waals surface area contributed by atoms with Gasteiger partial charge in [0.05, 0.1) is 5.69 Å². The van der Waals surface area contributed by atoms with Gasteiger partial charge in [-0.25, -0.2) is 4.98 Å². The summed E-state index contributed by atoms with van der Waals surface area (Å²) in [5.74, 6) is 0.500. The van der Waals surface area contributed by atoms with Crippen LogP contribution in [0.4, 0.5) is 5.69 Å². The van der Waals surface area contributed by atoms with E-state index in [0.29, 0.717) is 34.5 Å². The van der Waals surface area contributed by atoms with Gasteiger partial charge in [0.15, 0.2) is 0 Å². The largest absolute Gasteiger partial charge is 0.371 e. The minimum absolute atomic E-state index is 0.144. The summed E-state index contributed by atoms with van der Waals surface area (Å²) in [4.78, 5) is 19.8. The lowest BCUT2D eigenvalue weighted by Gasteiger charge is -2.34. The average molecular weight is 473 g/mol. The fourth-order valence-corrected chi connectivity index (χ4v) is 4.97. The second-order valence-electron chi connectivity index (χ2n) is 9.14. The number of aromatic nitrogens is 2. The Balaban J connectivity index is 1.18. The number of halogens is 1. The van der Waals surface area contributed by atoms with Crippen molar-refractivity contribution in [1.82, 2.24) is 14.7 Å². The van der Waals surface area contributed by atoms with E-state index < -0.39 is 0 Å². The van der Waals surface area contributed by atoms with Crippen molar-refractivity contribution in [2.24, 2.45) is 0 Å². The zero-order valence-corrected chi connectivity index (χ0v) is 20.3. The predicted molar refractivity (Wildman–Crippen MR) is 138 cm³/mol. The zero-order chi connectivity index (χ0) is 23.7. The number of imidazole rings is 1. The summed E-state index contributed by atoms with van der Waals surface area (Å²) in [5, 5.41) is 3.63. The maximum absolute atomic E-state index is 12.9. The maximum atomic E-state index is 12.9. The van der Waals surface area contributed by atoms with Crippen molar-refractivity contribution in [2.75, 3.05) is 18.0 Å². The van der Waals surface area contributed by atoms with E-state index in [1.165, 1.54) is 29.7 Å². The van der Waals surface area contributed by atoms with Crippen LogP contribution in [0.1, 0.15) is 51.6 Å². The van der Waals surface area contributed by atoms with Gasteiger partial charge in [-0.2, -0.15) is 0 Å². The molecule has 1 N–H and O–H groups in total. The molecule has 3 heterocycles. The van der Waals surface area contributed by atoms with Crippen molar-refractivity contribution in [1.29, 1.82) is 0 Å². The Bertz CT molecular complexity index is 1300. The van der Waals surface area contributed by atoms with Gasteiger partial charge in [0.25, 0.3) is 5.91 Å². The summed E-state index contributed by atoms with van der Waals surface area (Å²) in [6.45, 7) is 6.57. The van der Waals surface area contributed by atoms with E-state index in [9.17, 15) is 4.79 Å². The van der Waals surface area contributed by atoms with Crippen molar-refractivity contribution in [2.45, 2.75) is 39.2 Å². The lowest BCUT2D eigenvalue weighted by atomic mass is 9.89. The summed E-state index contributed by atoms with van der Waals surface area (Å²) in [6.07, 6.45) is 4.12. The first-order chi connectivity index (χ1) is 16.5. The standard InChI is InChI=1S/C28H29ClN4O/c1-19-3-7-22(8-4-19)23-11-14-32(15-12-23)25-9-5-21(6-10-25)18-30-28(34)27-20(2)31-26-17-24(29)13-16-33(26)27/h3-10,13,16-17,23H,11-12,14-15,18H2,1-2H3,(H,30,34). The number of anilines is 1. The smallest absolute Gasteiger partial charge is 0.270 e. The van der Waals surface area contributed by atoms with E-state index in [4.69, 9.17) is 11.6 Å². The molecule has 0 aliphatic carbocycles. The topological polar surface area (TPSA) is 49.6 Å². The third-order valence-electron chi connectivity index (χ3n) is 6.78. The van der Waals surface area contributed by atoms with Crippen LogP contribution in [0.5, 0.6) is 0 Å². The van der Waals surface area contributed by atoms with Gasteiger partial charge in [-0.15, -0.1) is 0 Å². The number of amides is 1. The minimum atomic E-state index is -0.144. The van der Waals surface area contributed by atoms with Crippen LogP contribution in [0.2, 0.25) is 5.02 Å². The molecule has 0 radical (unpaired) electrons. The van der Waals surface area contributed by atoms with E-state index in [0.717, 1.165) is 18.7 Å². The van der Waals surface area contributed by atoms with E-state index in [1.807, 2.05) is 6.92 Å². The molecule has 34 heavy (non-hydrogen) atoms. The normalized spacial score (nSPS) is 14.5. The Morgan fingerprint density at radius 1 is 1.03 bits per heavy atom. The lowest BCUT2D eigenvalue weighted by molar-refractivity contribution is 0.0944. The quantitative estimate of drug-likeness (QED) is 0.392. The summed E-state index contributed by atoms with van der Waals surface area (Å²) >= 11 is 6.05. The summed E-state index contributed by atoms with van der Waals surface area (Å²) in [7, 11) is 0. The third kappa shape index (κ3) is 4.66. The lowest BCUT2D eigenvalue weighted by Crippen LogP contribution is -2.32. The Kier molecular flexibility index (Phi) is 6.29. The van der Waals surface area contributed by atoms with Crippen LogP contribution in [-0.4, -0.2) is 28.4 Å². The average Bonchev–Trinajstić information content (AvgIpc) is 3.18. The molecule has 0 unspecified atom stereocenters. The van der Waals surface area contributed by atoms with Crippen molar-refractivity contribution in [3.63, 3.8) is 0 Å². The van der Waals surface area contributed by atoms with Crippen LogP contribution in [0, 0.1) is 13.8 Å². The fraction of sp³-hybridized carbons (Fsp3) is 0.286. The number of nitrogens with zero attached hydrogens (tertiary/aromatic N) is 3. The SMILES string of the molecule is Cc1ccc(C2CCN(c3ccc(CNC(=O)c4c(C)nc5cc(Cl)ccn45)cc3)CC2)cc1. The Morgan fingerprint density at radius 3 is 2.44 bits per heavy atom. The van der Waals surface area contributed by atoms with Crippen LogP contribution < -0.4 is 10.2 Å². The van der Waals surface area contributed by atoms with Crippen LogP contribution in [0.3, 0.4) is 0 Å². The van der Waals surface area contributed by atoms with Crippen molar-refractivity contribution < 1.29 is 4.79 Å². The highest BCUT2D eigenvalue weighted by Crippen LogP contribution is 2.30. The number of hydrogen-bond donors (Lipinski definition) is 1. The molecular formula is C28H29ClN4O. The number of pyridine rings is 1. The zero-order valence-electron chi connectivity index (χ0n) is 19.6. The fourth-order valence-electron chi connectivity index (χ4n) is 4.81. The van der Waals surface area contributed by atoms with Gasteiger partial charge in [-0.1, -0.05) is 53.6 Å². The van der Waals surface area contributed by atoms with Crippen LogP contribution in [0.15, 0.2) is 66.9 Å². The molecule has 174 valence electrons. The van der Waals surface area contributed by atoms with Gasteiger partial charge >= 0.3 is 0 Å². The number of rotatable bonds is 5. The van der Waals surface area contributed by atoms with Gasteiger partial charge in [0.2, 0.25) is 0 Å². The Morgan fingerprint density at radius 2 is 1.74 bits per heavy atom. The first kappa shape index (κ1) is 22.5. The van der Waals surface area contributed by atoms with Crippen molar-refractivity contribution in [3.8, 4) is 0 Å². The molecule has 0 spiro atoms. The molecule has 6 heteroatoms. The highest BCUT2D eigenvalue weighted by Gasteiger charge is 2.21. The maximum Gasteiger partial charge on any atom is 0.270 e. The van der Waals surface area contributed by atoms with E-state index >= 15 is 0 Å². The number of hydrogen-bond acceptors (Lipinski definition) is 3. The molecule has 0 bridgehead atoms. The highest BCUT2D eigenvalue weighted by molar-refractivity contribution is 6.30. The number of carbonyl (C=O) groups excluding carboxylic acids is 1. The Labute approximate surface area is 205 Å². The summed E-state index contributed by atoms with van der Waals surface area (Å²) in [6, 6.07) is 21.0. The van der Waals surface area contributed by atoms with Crippen LogP contribution in [-0.2, 0) is 6.54 Å². The first-order valence-corrected chi connectivity index (χ1v) is 12.2. The Hall–Kier alpha value is -3.31. The molecule has 5 nitrogen and oxygen atoms in total. The molecule has 5 rings (SSSR count). The second kappa shape index (κ2) is 9.51. The molecule has 1 aliphatic heterocycles. The van der Waals surface area contributed by atoms with E-state index in [-0.39, 0.29) is 5.91 Å². The number of aryl methyl sites for hydroxylation is 2. The first-order valence-electron chi connectivity index (χ1n) is 11.8. The van der Waals surface area contributed by atoms with Gasteiger partial charge in [-0.05, 0) is 61.9 Å². The molecule has 0 atom stereocenters. The predicted octanol–water partition coefficient (Wildman–Crippen LogP) is 5.92. The second-order valence-corrected chi connectivity index (χ2v) is 9.58. The highest BCUT2D eigenvalue weighted by atomic mass is 35.5. The molecule has 1 saturated heterocycles. The van der Waals surface area contributed by atoms with E-state index in [1.54, 1.807) is 22.7 Å². The van der Waals surface area contributed by atoms with Gasteiger partial charge in [-0.3, -0.25) is 9.20 Å². The molecule has 0 saturated carbocycles. The molecule has 1 fully saturated rings. The molecule has 1 aliphatic rings. The monoisotopic (exact) mass is 472 g/mol. The van der Waals surface area contributed by atoms with Gasteiger partial charge in [0, 0.05) is 42.6 Å². The van der Waals surface area contributed by atoms with Crippen molar-refractivity contribution >= 4 is 28.8 Å². The summed E-state index contributed by atoms with van der Waals surface area (Å²) < 4.78 is 1.78. The number of benzene rings is 2. The number of nitrogens with one attached hydrogen (secondary N) is 1. The summed E-state index contributed by atoms with van der Waals surface area (Å²) in [5.41, 5.74) is 6.99. The molecular weight excluding hydrogens is 444 g/mol. The van der Waals surface area contributed by atoms with Gasteiger partial charge < -0.3 is 10.2 Å². The molecule has 4 aromatic rings. The van der Waals surface area contributed by atoms with E-state index in [2.05, 4.69) is 70.7 Å². The molecule has 2 aromatic heterocycles. The van der Waals surface area contributed by atoms with Crippen LogP contribution >= 0.6 is 11.6 Å². The third-order valence-corrected chi connectivity index (χ3v) is 7.01. The molecule has 1 amide bonds. The van der Waals surface area contributed by atoms with Crippen LogP contribution in [0.25, 0.3) is 5.65 Å². The number of fused-ring (bicyclic) bond motifs is 1. The number of carbonyl (C=O) groups is 1. The number of piperidine rings is 1. The minimum Gasteiger partial charge on any atom is -0.371 e.